The zero-order valence-electron chi connectivity index (χ0n) is 12.8. The summed E-state index contributed by atoms with van der Waals surface area (Å²) in [5.41, 5.74) is -0.108. The quantitative estimate of drug-likeness (QED) is 0.674. The number of hydrogen-bond donors (Lipinski definition) is 1. The van der Waals surface area contributed by atoms with Gasteiger partial charge >= 0.3 is 0 Å². The molecule has 0 amide bonds. The van der Waals surface area contributed by atoms with E-state index >= 15 is 0 Å². The first-order valence-electron chi connectivity index (χ1n) is 6.85. The molecular formula is C14H32N2O. The molecule has 0 bridgehead atoms. The Hall–Kier alpha value is -0.120. The first-order valence-corrected chi connectivity index (χ1v) is 6.85. The van der Waals surface area contributed by atoms with Crippen molar-refractivity contribution >= 4 is 0 Å². The highest BCUT2D eigenvalue weighted by Gasteiger charge is 2.28. The summed E-state index contributed by atoms with van der Waals surface area (Å²) < 4.78 is 5.56. The number of hydrogen-bond acceptors (Lipinski definition) is 3. The van der Waals surface area contributed by atoms with Crippen molar-refractivity contribution in [2.45, 2.75) is 64.6 Å². The van der Waals surface area contributed by atoms with Crippen molar-refractivity contribution in [3.8, 4) is 0 Å². The van der Waals surface area contributed by atoms with E-state index in [0.717, 1.165) is 13.0 Å². The van der Waals surface area contributed by atoms with Crippen LogP contribution in [0.3, 0.4) is 0 Å². The van der Waals surface area contributed by atoms with Crippen LogP contribution in [-0.2, 0) is 4.74 Å². The molecular weight excluding hydrogens is 212 g/mol. The second-order valence-corrected chi connectivity index (χ2v) is 5.39. The van der Waals surface area contributed by atoms with Crippen LogP contribution >= 0.6 is 0 Å². The number of likely N-dealkylation sites (N-methyl/N-ethyl adjacent to an activating group) is 1. The van der Waals surface area contributed by atoms with Gasteiger partial charge in [0.15, 0.2) is 0 Å². The Morgan fingerprint density at radius 1 is 1.24 bits per heavy atom. The maximum absolute atomic E-state index is 5.56. The van der Waals surface area contributed by atoms with E-state index in [0.29, 0.717) is 12.1 Å². The molecule has 1 atom stereocenters. The van der Waals surface area contributed by atoms with Gasteiger partial charge < -0.3 is 15.0 Å². The molecule has 0 saturated heterocycles. The van der Waals surface area contributed by atoms with Gasteiger partial charge in [-0.05, 0) is 53.8 Å². The van der Waals surface area contributed by atoms with Gasteiger partial charge in [0.25, 0.3) is 0 Å². The molecule has 0 aliphatic heterocycles. The molecule has 0 spiro atoms. The standard InChI is InChI=1S/C14H32N2O/c1-8-12(9-2)16(6)11-10-13(15-5)14(3,4)17-7/h12-13,15H,8-11H2,1-7H3. The van der Waals surface area contributed by atoms with Crippen molar-refractivity contribution in [1.29, 1.82) is 0 Å². The van der Waals surface area contributed by atoms with E-state index in [9.17, 15) is 0 Å². The largest absolute Gasteiger partial charge is 0.377 e. The first kappa shape index (κ1) is 16.9. The van der Waals surface area contributed by atoms with Crippen LogP contribution in [0.1, 0.15) is 47.0 Å². The second kappa shape index (κ2) is 8.06. The minimum absolute atomic E-state index is 0.108. The average Bonchev–Trinajstić information content (AvgIpc) is 2.31. The third-order valence-electron chi connectivity index (χ3n) is 4.05. The van der Waals surface area contributed by atoms with Gasteiger partial charge in [-0.3, -0.25) is 0 Å². The fourth-order valence-corrected chi connectivity index (χ4v) is 2.41. The molecule has 1 unspecified atom stereocenters. The van der Waals surface area contributed by atoms with E-state index in [1.165, 1.54) is 12.8 Å². The number of rotatable bonds is 9. The molecule has 0 rings (SSSR count). The summed E-state index contributed by atoms with van der Waals surface area (Å²) in [5, 5.41) is 3.37. The molecule has 1 N–H and O–H groups in total. The summed E-state index contributed by atoms with van der Waals surface area (Å²) in [7, 11) is 6.03. The minimum atomic E-state index is -0.108. The number of ether oxygens (including phenoxy) is 1. The first-order chi connectivity index (χ1) is 7.92. The monoisotopic (exact) mass is 244 g/mol. The van der Waals surface area contributed by atoms with Gasteiger partial charge in [-0.2, -0.15) is 0 Å². The van der Waals surface area contributed by atoms with Gasteiger partial charge in [0, 0.05) is 19.2 Å². The Morgan fingerprint density at radius 3 is 2.12 bits per heavy atom. The van der Waals surface area contributed by atoms with Crippen molar-refractivity contribution in [2.24, 2.45) is 0 Å². The van der Waals surface area contributed by atoms with Crippen LogP contribution in [0.15, 0.2) is 0 Å². The SMILES string of the molecule is CCC(CC)N(C)CCC(NC)C(C)(C)OC. The molecule has 0 fully saturated rings. The third kappa shape index (κ3) is 5.36. The maximum atomic E-state index is 5.56. The molecule has 0 radical (unpaired) electrons. The van der Waals surface area contributed by atoms with Gasteiger partial charge in [-0.1, -0.05) is 13.8 Å². The average molecular weight is 244 g/mol. The molecule has 17 heavy (non-hydrogen) atoms. The highest BCUT2D eigenvalue weighted by atomic mass is 16.5. The van der Waals surface area contributed by atoms with Crippen molar-refractivity contribution in [3.63, 3.8) is 0 Å². The van der Waals surface area contributed by atoms with Crippen molar-refractivity contribution in [2.75, 3.05) is 27.7 Å². The van der Waals surface area contributed by atoms with E-state index in [1.807, 2.05) is 7.05 Å². The molecule has 3 heteroatoms. The molecule has 3 nitrogen and oxygen atoms in total. The van der Waals surface area contributed by atoms with E-state index in [-0.39, 0.29) is 5.60 Å². The smallest absolute Gasteiger partial charge is 0.0775 e. The second-order valence-electron chi connectivity index (χ2n) is 5.39. The molecule has 0 aliphatic carbocycles. The highest BCUT2D eigenvalue weighted by molar-refractivity contribution is 4.85. The van der Waals surface area contributed by atoms with Crippen molar-refractivity contribution in [3.05, 3.63) is 0 Å². The van der Waals surface area contributed by atoms with E-state index in [4.69, 9.17) is 4.74 Å². The molecule has 0 heterocycles. The predicted molar refractivity (Wildman–Crippen MR) is 75.6 cm³/mol. The fraction of sp³-hybridized carbons (Fsp3) is 1.00. The zero-order chi connectivity index (χ0) is 13.5. The van der Waals surface area contributed by atoms with Gasteiger partial charge in [-0.25, -0.2) is 0 Å². The van der Waals surface area contributed by atoms with Gasteiger partial charge in [0.2, 0.25) is 0 Å². The Labute approximate surface area is 108 Å². The Bertz CT molecular complexity index is 191. The van der Waals surface area contributed by atoms with Crippen LogP contribution in [0.5, 0.6) is 0 Å². The predicted octanol–water partition coefficient (Wildman–Crippen LogP) is 2.51. The van der Waals surface area contributed by atoms with Crippen LogP contribution in [0, 0.1) is 0 Å². The van der Waals surface area contributed by atoms with Crippen LogP contribution in [0.25, 0.3) is 0 Å². The van der Waals surface area contributed by atoms with E-state index in [2.05, 4.69) is 45.0 Å². The van der Waals surface area contributed by atoms with E-state index in [1.54, 1.807) is 7.11 Å². The van der Waals surface area contributed by atoms with Gasteiger partial charge in [0.05, 0.1) is 5.60 Å². The normalized spacial score (nSPS) is 14.6. The van der Waals surface area contributed by atoms with Crippen LogP contribution in [0.2, 0.25) is 0 Å². The van der Waals surface area contributed by atoms with Gasteiger partial charge in [-0.15, -0.1) is 0 Å². The third-order valence-corrected chi connectivity index (χ3v) is 4.05. The van der Waals surface area contributed by atoms with Crippen LogP contribution in [0.4, 0.5) is 0 Å². The summed E-state index contributed by atoms with van der Waals surface area (Å²) in [5.74, 6) is 0. The van der Waals surface area contributed by atoms with E-state index < -0.39 is 0 Å². The van der Waals surface area contributed by atoms with Gasteiger partial charge in [0.1, 0.15) is 0 Å². The lowest BCUT2D eigenvalue weighted by molar-refractivity contribution is -0.0131. The Morgan fingerprint density at radius 2 is 1.76 bits per heavy atom. The molecule has 0 aromatic carbocycles. The van der Waals surface area contributed by atoms with Crippen molar-refractivity contribution in [1.82, 2.24) is 10.2 Å². The maximum Gasteiger partial charge on any atom is 0.0775 e. The lowest BCUT2D eigenvalue weighted by atomic mass is 9.95. The molecule has 104 valence electrons. The number of nitrogens with zero attached hydrogens (tertiary/aromatic N) is 1. The topological polar surface area (TPSA) is 24.5 Å². The highest BCUT2D eigenvalue weighted by Crippen LogP contribution is 2.17. The number of nitrogens with one attached hydrogen (secondary N) is 1. The summed E-state index contributed by atoms with van der Waals surface area (Å²) in [6, 6.07) is 1.10. The number of methoxy groups -OCH3 is 1. The zero-order valence-corrected chi connectivity index (χ0v) is 12.8. The molecule has 0 aromatic rings. The summed E-state index contributed by atoms with van der Waals surface area (Å²) >= 11 is 0. The Balaban J connectivity index is 4.23. The molecule has 0 saturated carbocycles. The Kier molecular flexibility index (Phi) is 8.01. The van der Waals surface area contributed by atoms with Crippen molar-refractivity contribution < 1.29 is 4.74 Å². The molecule has 0 aliphatic rings. The fourth-order valence-electron chi connectivity index (χ4n) is 2.41. The summed E-state index contributed by atoms with van der Waals surface area (Å²) in [6.45, 7) is 9.93. The van der Waals surface area contributed by atoms with Crippen LogP contribution in [-0.4, -0.2) is 50.3 Å². The minimum Gasteiger partial charge on any atom is -0.377 e. The summed E-state index contributed by atoms with van der Waals surface area (Å²) in [6.07, 6.45) is 3.57. The molecule has 0 aromatic heterocycles. The lowest BCUT2D eigenvalue weighted by Gasteiger charge is -2.35. The lowest BCUT2D eigenvalue weighted by Crippen LogP contribution is -2.48. The summed E-state index contributed by atoms with van der Waals surface area (Å²) in [4.78, 5) is 2.47. The van der Waals surface area contributed by atoms with Crippen LogP contribution < -0.4 is 5.32 Å².